The van der Waals surface area contributed by atoms with Crippen LogP contribution in [0.15, 0.2) is 48.5 Å². The molecular weight excluding hydrogens is 388 g/mol. The van der Waals surface area contributed by atoms with Crippen molar-refractivity contribution < 1.29 is 14.3 Å². The summed E-state index contributed by atoms with van der Waals surface area (Å²) >= 11 is 6.45. The van der Waals surface area contributed by atoms with E-state index in [0.29, 0.717) is 37.7 Å². The fourth-order valence-electron chi connectivity index (χ4n) is 3.64. The number of nitrogens with one attached hydrogen (secondary N) is 1. The maximum atomic E-state index is 13.3. The van der Waals surface area contributed by atoms with Gasteiger partial charge >= 0.3 is 0 Å². The van der Waals surface area contributed by atoms with E-state index in [0.717, 1.165) is 30.0 Å². The molecule has 2 aromatic rings. The van der Waals surface area contributed by atoms with Crippen molar-refractivity contribution in [2.45, 2.75) is 24.7 Å². The highest BCUT2D eigenvalue weighted by Crippen LogP contribution is 2.39. The Morgan fingerprint density at radius 2 is 1.83 bits per heavy atom. The molecule has 1 fully saturated rings. The second kappa shape index (κ2) is 10.1. The lowest BCUT2D eigenvalue weighted by atomic mass is 9.73. The highest BCUT2D eigenvalue weighted by Gasteiger charge is 2.43. The quantitative estimate of drug-likeness (QED) is 0.649. The van der Waals surface area contributed by atoms with Crippen LogP contribution in [-0.4, -0.2) is 51.3 Å². The molecule has 5 nitrogen and oxygen atoms in total. The van der Waals surface area contributed by atoms with Crippen molar-refractivity contribution in [1.82, 2.24) is 4.90 Å². The van der Waals surface area contributed by atoms with Crippen LogP contribution in [0, 0.1) is 0 Å². The minimum absolute atomic E-state index is 0.0476. The predicted octanol–water partition coefficient (Wildman–Crippen LogP) is 4.36. The molecule has 156 valence electrons. The second-order valence-electron chi connectivity index (χ2n) is 7.66. The van der Waals surface area contributed by atoms with Gasteiger partial charge < -0.3 is 19.7 Å². The summed E-state index contributed by atoms with van der Waals surface area (Å²) in [5.41, 5.74) is 0.926. The lowest BCUT2D eigenvalue weighted by Gasteiger charge is -2.36. The van der Waals surface area contributed by atoms with Gasteiger partial charge in [-0.3, -0.25) is 4.79 Å². The van der Waals surface area contributed by atoms with E-state index in [1.54, 1.807) is 0 Å². The molecule has 29 heavy (non-hydrogen) atoms. The van der Waals surface area contributed by atoms with Gasteiger partial charge in [0.2, 0.25) is 5.91 Å². The first-order valence-corrected chi connectivity index (χ1v) is 10.4. The van der Waals surface area contributed by atoms with Gasteiger partial charge in [0, 0.05) is 30.5 Å². The van der Waals surface area contributed by atoms with Crippen molar-refractivity contribution in [2.24, 2.45) is 0 Å². The van der Waals surface area contributed by atoms with E-state index in [2.05, 4.69) is 10.2 Å². The lowest BCUT2D eigenvalue weighted by molar-refractivity contribution is -0.125. The first kappa shape index (κ1) is 21.6. The van der Waals surface area contributed by atoms with Gasteiger partial charge in [0.25, 0.3) is 0 Å². The highest BCUT2D eigenvalue weighted by molar-refractivity contribution is 6.31. The summed E-state index contributed by atoms with van der Waals surface area (Å²) in [6.45, 7) is 2.73. The van der Waals surface area contributed by atoms with E-state index in [1.807, 2.05) is 62.6 Å². The molecule has 0 aliphatic carbocycles. The molecule has 0 unspecified atom stereocenters. The fraction of sp³-hybridized carbons (Fsp3) is 0.435. The molecule has 1 N–H and O–H groups in total. The Kier molecular flexibility index (Phi) is 7.53. The Morgan fingerprint density at radius 3 is 2.48 bits per heavy atom. The van der Waals surface area contributed by atoms with Crippen molar-refractivity contribution in [2.75, 3.05) is 45.8 Å². The van der Waals surface area contributed by atoms with E-state index in [1.165, 1.54) is 0 Å². The van der Waals surface area contributed by atoms with Crippen LogP contribution in [0.25, 0.3) is 0 Å². The van der Waals surface area contributed by atoms with Gasteiger partial charge in [-0.2, -0.15) is 0 Å². The second-order valence-corrected chi connectivity index (χ2v) is 8.07. The Bertz CT molecular complexity index is 802. The van der Waals surface area contributed by atoms with Crippen LogP contribution >= 0.6 is 11.6 Å². The fourth-order valence-corrected chi connectivity index (χ4v) is 3.96. The van der Waals surface area contributed by atoms with Gasteiger partial charge in [-0.05, 0) is 69.3 Å². The average molecular weight is 417 g/mol. The molecule has 0 aromatic heterocycles. The van der Waals surface area contributed by atoms with Crippen molar-refractivity contribution in [3.05, 3.63) is 59.1 Å². The zero-order chi connectivity index (χ0) is 20.7. The van der Waals surface area contributed by atoms with Gasteiger partial charge in [-0.15, -0.1) is 0 Å². The molecule has 1 heterocycles. The van der Waals surface area contributed by atoms with E-state index in [9.17, 15) is 4.79 Å². The summed E-state index contributed by atoms with van der Waals surface area (Å²) in [5.74, 6) is 0.752. The largest absolute Gasteiger partial charge is 0.494 e. The third-order valence-corrected chi connectivity index (χ3v) is 5.63. The van der Waals surface area contributed by atoms with Gasteiger partial charge in [-0.25, -0.2) is 0 Å². The number of rotatable bonds is 8. The number of hydrogen-bond donors (Lipinski definition) is 1. The summed E-state index contributed by atoms with van der Waals surface area (Å²) in [6, 6.07) is 15.1. The standard InChI is InChI=1S/C23H29ClN2O3/c1-26(2)14-5-15-29-19-10-8-18(9-11-19)25-22(27)23(12-16-28-17-13-23)20-6-3-4-7-21(20)24/h3-4,6-11H,5,12-17H2,1-2H3,(H,25,27). The molecule has 0 saturated carbocycles. The molecule has 6 heteroatoms. The first-order valence-electron chi connectivity index (χ1n) is 10.0. The van der Waals surface area contributed by atoms with Gasteiger partial charge in [-0.1, -0.05) is 29.8 Å². The molecule has 0 spiro atoms. The molecule has 0 radical (unpaired) electrons. The zero-order valence-corrected chi connectivity index (χ0v) is 17.9. The Balaban J connectivity index is 1.68. The Morgan fingerprint density at radius 1 is 1.14 bits per heavy atom. The van der Waals surface area contributed by atoms with Crippen molar-refractivity contribution >= 4 is 23.2 Å². The predicted molar refractivity (Wildman–Crippen MR) is 117 cm³/mol. The normalized spacial score (nSPS) is 15.9. The van der Waals surface area contributed by atoms with Crippen LogP contribution in [0.4, 0.5) is 5.69 Å². The van der Waals surface area contributed by atoms with Crippen LogP contribution in [-0.2, 0) is 14.9 Å². The summed E-state index contributed by atoms with van der Waals surface area (Å²) in [6.07, 6.45) is 2.18. The molecule has 2 aromatic carbocycles. The molecule has 0 bridgehead atoms. The lowest BCUT2D eigenvalue weighted by Crippen LogP contribution is -2.45. The van der Waals surface area contributed by atoms with E-state index < -0.39 is 5.41 Å². The van der Waals surface area contributed by atoms with Gasteiger partial charge in [0.1, 0.15) is 5.75 Å². The number of carbonyl (C=O) groups is 1. The first-order chi connectivity index (χ1) is 14.0. The van der Waals surface area contributed by atoms with Crippen molar-refractivity contribution in [3.63, 3.8) is 0 Å². The number of ether oxygens (including phenoxy) is 2. The molecule has 0 atom stereocenters. The van der Waals surface area contributed by atoms with Crippen LogP contribution in [0.2, 0.25) is 5.02 Å². The third kappa shape index (κ3) is 5.50. The monoisotopic (exact) mass is 416 g/mol. The van der Waals surface area contributed by atoms with Crippen LogP contribution in [0.3, 0.4) is 0 Å². The van der Waals surface area contributed by atoms with Crippen LogP contribution in [0.1, 0.15) is 24.8 Å². The molecule has 1 saturated heterocycles. The number of nitrogens with zero attached hydrogens (tertiary/aromatic N) is 1. The number of hydrogen-bond acceptors (Lipinski definition) is 4. The van der Waals surface area contributed by atoms with E-state index >= 15 is 0 Å². The molecule has 1 aliphatic rings. The maximum absolute atomic E-state index is 13.3. The number of benzene rings is 2. The van der Waals surface area contributed by atoms with Crippen molar-refractivity contribution in [3.8, 4) is 5.75 Å². The summed E-state index contributed by atoms with van der Waals surface area (Å²) in [4.78, 5) is 15.5. The molecule has 1 amide bonds. The number of carbonyl (C=O) groups excluding carboxylic acids is 1. The molecule has 3 rings (SSSR count). The average Bonchev–Trinajstić information content (AvgIpc) is 2.73. The van der Waals surface area contributed by atoms with Crippen LogP contribution in [0.5, 0.6) is 5.75 Å². The van der Waals surface area contributed by atoms with Crippen molar-refractivity contribution in [1.29, 1.82) is 0 Å². The number of amides is 1. The van der Waals surface area contributed by atoms with Crippen LogP contribution < -0.4 is 10.1 Å². The molecule has 1 aliphatic heterocycles. The zero-order valence-electron chi connectivity index (χ0n) is 17.1. The Hall–Kier alpha value is -2.08. The topological polar surface area (TPSA) is 50.8 Å². The smallest absolute Gasteiger partial charge is 0.235 e. The highest BCUT2D eigenvalue weighted by atomic mass is 35.5. The minimum Gasteiger partial charge on any atom is -0.494 e. The van der Waals surface area contributed by atoms with E-state index in [4.69, 9.17) is 21.1 Å². The summed E-state index contributed by atoms with van der Waals surface area (Å²) in [5, 5.41) is 3.69. The third-order valence-electron chi connectivity index (χ3n) is 5.30. The minimum atomic E-state index is -0.683. The SMILES string of the molecule is CN(C)CCCOc1ccc(NC(=O)C2(c3ccccc3Cl)CCOCC2)cc1. The van der Waals surface area contributed by atoms with E-state index in [-0.39, 0.29) is 5.91 Å². The Labute approximate surface area is 177 Å². The number of halogens is 1. The molecular formula is C23H29ClN2O3. The summed E-state index contributed by atoms with van der Waals surface area (Å²) < 4.78 is 11.3. The number of anilines is 1. The van der Waals surface area contributed by atoms with Gasteiger partial charge in [0.15, 0.2) is 0 Å². The van der Waals surface area contributed by atoms with Gasteiger partial charge in [0.05, 0.1) is 12.0 Å². The summed E-state index contributed by atoms with van der Waals surface area (Å²) in [7, 11) is 4.09. The maximum Gasteiger partial charge on any atom is 0.235 e.